The Morgan fingerprint density at radius 3 is 2.71 bits per heavy atom. The number of ether oxygens (including phenoxy) is 1. The molecule has 0 radical (unpaired) electrons. The van der Waals surface area contributed by atoms with E-state index in [2.05, 4.69) is 14.7 Å². The normalized spacial score (nSPS) is 12.8. The van der Waals surface area contributed by atoms with Crippen molar-refractivity contribution in [3.8, 4) is 0 Å². The molecule has 0 atom stereocenters. The van der Waals surface area contributed by atoms with E-state index in [1.165, 1.54) is 13.2 Å². The van der Waals surface area contributed by atoms with Crippen molar-refractivity contribution in [1.29, 1.82) is 0 Å². The maximum Gasteiger partial charge on any atom is 0.368 e. The number of hydrogen-bond acceptors (Lipinski definition) is 3. The van der Waals surface area contributed by atoms with Crippen LogP contribution in [0.25, 0.3) is 0 Å². The van der Waals surface area contributed by atoms with Crippen molar-refractivity contribution in [2.24, 2.45) is 9.98 Å². The number of esters is 1. The van der Waals surface area contributed by atoms with Crippen molar-refractivity contribution in [2.75, 3.05) is 7.11 Å². The van der Waals surface area contributed by atoms with E-state index in [0.717, 1.165) is 0 Å². The van der Waals surface area contributed by atoms with E-state index in [9.17, 15) is 9.59 Å². The lowest BCUT2D eigenvalue weighted by Gasteiger charge is -1.95. The molecule has 0 aromatic heterocycles. The summed E-state index contributed by atoms with van der Waals surface area (Å²) in [6.07, 6.45) is 0. The van der Waals surface area contributed by atoms with Crippen LogP contribution in [0.4, 0.5) is 4.79 Å². The van der Waals surface area contributed by atoms with Crippen LogP contribution < -0.4 is 10.7 Å². The molecule has 1 aromatic carbocycles. The zero-order valence-electron chi connectivity index (χ0n) is 7.35. The van der Waals surface area contributed by atoms with Gasteiger partial charge in [0.1, 0.15) is 0 Å². The van der Waals surface area contributed by atoms with Gasteiger partial charge < -0.3 is 4.74 Å². The van der Waals surface area contributed by atoms with Crippen molar-refractivity contribution >= 4 is 12.0 Å². The lowest BCUT2D eigenvalue weighted by atomic mass is 10.2. The minimum atomic E-state index is -0.540. The summed E-state index contributed by atoms with van der Waals surface area (Å²) in [5, 5.41) is 0.903. The Morgan fingerprint density at radius 1 is 1.29 bits per heavy atom. The maximum atomic E-state index is 11.1. The van der Waals surface area contributed by atoms with E-state index < -0.39 is 12.0 Å². The summed E-state index contributed by atoms with van der Waals surface area (Å²) < 4.78 is 4.53. The standard InChI is InChI=1S/C9H6N2O3/c1-14-8(12)5-2-3-6-7(4-5)11-9(13)10-6/h2-4H,1H3. The van der Waals surface area contributed by atoms with Crippen LogP contribution in [0, 0.1) is 0 Å². The quantitative estimate of drug-likeness (QED) is 0.578. The van der Waals surface area contributed by atoms with E-state index in [1.807, 2.05) is 0 Å². The highest BCUT2D eigenvalue weighted by Gasteiger charge is 2.09. The summed E-state index contributed by atoms with van der Waals surface area (Å²) in [7, 11) is 1.29. The van der Waals surface area contributed by atoms with Crippen LogP contribution in [0.2, 0.25) is 0 Å². The molecule has 0 saturated carbocycles. The molecular formula is C9H6N2O3. The van der Waals surface area contributed by atoms with Gasteiger partial charge in [-0.3, -0.25) is 0 Å². The van der Waals surface area contributed by atoms with Gasteiger partial charge in [0, 0.05) is 0 Å². The molecule has 0 spiro atoms. The van der Waals surface area contributed by atoms with Gasteiger partial charge in [-0.25, -0.2) is 9.59 Å². The fraction of sp³-hybridized carbons (Fsp3) is 0.111. The zero-order chi connectivity index (χ0) is 10.1. The molecule has 0 N–H and O–H groups in total. The van der Waals surface area contributed by atoms with Gasteiger partial charge in [-0.2, -0.15) is 9.98 Å². The second-order valence-electron chi connectivity index (χ2n) is 2.70. The average molecular weight is 190 g/mol. The second kappa shape index (κ2) is 3.02. The number of rotatable bonds is 1. The summed E-state index contributed by atoms with van der Waals surface area (Å²) in [4.78, 5) is 29.2. The number of fused-ring (bicyclic) bond motifs is 1. The van der Waals surface area contributed by atoms with Gasteiger partial charge >= 0.3 is 12.0 Å². The summed E-state index contributed by atoms with van der Waals surface area (Å²) in [6.45, 7) is 0. The first-order valence-electron chi connectivity index (χ1n) is 3.90. The summed E-state index contributed by atoms with van der Waals surface area (Å²) in [6, 6.07) is 4.05. The summed E-state index contributed by atoms with van der Waals surface area (Å²) >= 11 is 0. The van der Waals surface area contributed by atoms with Gasteiger partial charge in [-0.15, -0.1) is 0 Å². The third kappa shape index (κ3) is 1.28. The molecule has 1 heterocycles. The van der Waals surface area contributed by atoms with Crippen LogP contribution in [-0.4, -0.2) is 19.1 Å². The predicted octanol–water partition coefficient (Wildman–Crippen LogP) is -0.154. The minimum Gasteiger partial charge on any atom is -0.465 e. The number of methoxy groups -OCH3 is 1. The van der Waals surface area contributed by atoms with Crippen LogP contribution >= 0.6 is 0 Å². The molecule has 2 amide bonds. The summed E-state index contributed by atoms with van der Waals surface area (Å²) in [5.41, 5.74) is 0.361. The molecule has 1 aliphatic heterocycles. The maximum absolute atomic E-state index is 11.1. The number of amides is 2. The molecule has 1 aliphatic rings. The van der Waals surface area contributed by atoms with Crippen LogP contribution in [0.1, 0.15) is 10.4 Å². The molecular weight excluding hydrogens is 184 g/mol. The molecule has 5 nitrogen and oxygen atoms in total. The predicted molar refractivity (Wildman–Crippen MR) is 45.5 cm³/mol. The highest BCUT2D eigenvalue weighted by atomic mass is 16.5. The van der Waals surface area contributed by atoms with Crippen LogP contribution in [-0.2, 0) is 4.74 Å². The highest BCUT2D eigenvalue weighted by Crippen LogP contribution is 1.96. The SMILES string of the molecule is COC(=O)c1ccc2c(c1)=NC(=O)N=2. The van der Waals surface area contributed by atoms with Gasteiger partial charge in [-0.05, 0) is 18.2 Å². The fourth-order valence-corrected chi connectivity index (χ4v) is 1.18. The van der Waals surface area contributed by atoms with Crippen molar-refractivity contribution in [1.82, 2.24) is 0 Å². The smallest absolute Gasteiger partial charge is 0.368 e. The van der Waals surface area contributed by atoms with E-state index in [-0.39, 0.29) is 0 Å². The monoisotopic (exact) mass is 190 g/mol. The molecule has 5 heteroatoms. The molecule has 70 valence electrons. The fourth-order valence-electron chi connectivity index (χ4n) is 1.18. The number of nitrogens with zero attached hydrogens (tertiary/aromatic N) is 2. The molecule has 0 saturated heterocycles. The number of hydrogen-bond donors (Lipinski definition) is 0. The Labute approximate surface area is 78.7 Å². The first kappa shape index (κ1) is 8.55. The van der Waals surface area contributed by atoms with Crippen LogP contribution in [0.5, 0.6) is 0 Å². The Bertz CT molecular complexity index is 533. The Kier molecular flexibility index (Phi) is 1.85. The van der Waals surface area contributed by atoms with Gasteiger partial charge in [0.15, 0.2) is 0 Å². The average Bonchev–Trinajstić information content (AvgIpc) is 2.55. The molecule has 0 aliphatic carbocycles. The van der Waals surface area contributed by atoms with E-state index in [4.69, 9.17) is 0 Å². The largest absolute Gasteiger partial charge is 0.465 e. The second-order valence-corrected chi connectivity index (χ2v) is 2.70. The third-order valence-corrected chi connectivity index (χ3v) is 1.83. The lowest BCUT2D eigenvalue weighted by Crippen LogP contribution is -2.23. The number of urea groups is 1. The molecule has 14 heavy (non-hydrogen) atoms. The molecule has 2 rings (SSSR count). The first-order chi connectivity index (χ1) is 6.70. The summed E-state index contributed by atoms with van der Waals surface area (Å²) in [5.74, 6) is -0.456. The Morgan fingerprint density at radius 2 is 2.00 bits per heavy atom. The van der Waals surface area contributed by atoms with Gasteiger partial charge in [0.05, 0.1) is 23.4 Å². The van der Waals surface area contributed by atoms with E-state index >= 15 is 0 Å². The highest BCUT2D eigenvalue weighted by molar-refractivity contribution is 5.89. The third-order valence-electron chi connectivity index (χ3n) is 1.83. The van der Waals surface area contributed by atoms with Crippen molar-refractivity contribution in [3.05, 3.63) is 34.5 Å². The van der Waals surface area contributed by atoms with E-state index in [0.29, 0.717) is 16.3 Å². The van der Waals surface area contributed by atoms with Crippen molar-refractivity contribution < 1.29 is 14.3 Å². The lowest BCUT2D eigenvalue weighted by molar-refractivity contribution is 0.0600. The van der Waals surface area contributed by atoms with Gasteiger partial charge in [0.2, 0.25) is 0 Å². The topological polar surface area (TPSA) is 68.1 Å². The van der Waals surface area contributed by atoms with E-state index in [1.54, 1.807) is 12.1 Å². The molecule has 0 bridgehead atoms. The first-order valence-corrected chi connectivity index (χ1v) is 3.90. The van der Waals surface area contributed by atoms with Crippen LogP contribution in [0.15, 0.2) is 28.2 Å². The zero-order valence-corrected chi connectivity index (χ0v) is 7.35. The van der Waals surface area contributed by atoms with Gasteiger partial charge in [0.25, 0.3) is 0 Å². The van der Waals surface area contributed by atoms with Crippen LogP contribution in [0.3, 0.4) is 0 Å². The Balaban J connectivity index is 2.60. The molecule has 1 aromatic rings. The van der Waals surface area contributed by atoms with Crippen molar-refractivity contribution in [2.45, 2.75) is 0 Å². The van der Waals surface area contributed by atoms with Gasteiger partial charge in [-0.1, -0.05) is 0 Å². The number of benzene rings is 1. The number of carbonyl (C=O) groups excluding carboxylic acids is 2. The van der Waals surface area contributed by atoms with Crippen molar-refractivity contribution in [3.63, 3.8) is 0 Å². The molecule has 0 fully saturated rings. The minimum absolute atomic E-state index is 0.361. The number of carbonyl (C=O) groups is 2. The molecule has 0 unspecified atom stereocenters. The Hall–Kier alpha value is -2.04.